The molecule has 0 spiro atoms. The number of nitrogens with one attached hydrogen (secondary N) is 1. The Kier molecular flexibility index (Phi) is 5.85. The Bertz CT molecular complexity index is 1160. The molecule has 0 aliphatic carbocycles. The van der Waals surface area contributed by atoms with Gasteiger partial charge in [-0.1, -0.05) is 32.9 Å². The van der Waals surface area contributed by atoms with Crippen LogP contribution < -0.4 is 15.7 Å². The molecule has 3 aromatic rings. The zero-order valence-electron chi connectivity index (χ0n) is 17.5. The minimum atomic E-state index is -4.70. The Labute approximate surface area is 176 Å². The smallest absolute Gasteiger partial charge is 0.417 e. The van der Waals surface area contributed by atoms with Gasteiger partial charge in [0.1, 0.15) is 11.3 Å². The minimum absolute atomic E-state index is 0.0178. The van der Waals surface area contributed by atoms with Gasteiger partial charge in [0.05, 0.1) is 5.56 Å². The Morgan fingerprint density at radius 2 is 1.68 bits per heavy atom. The molecule has 0 aliphatic heterocycles. The van der Waals surface area contributed by atoms with E-state index in [1.807, 2.05) is 12.1 Å². The molecule has 1 aromatic heterocycles. The van der Waals surface area contributed by atoms with Crippen LogP contribution in [0.3, 0.4) is 0 Å². The van der Waals surface area contributed by atoms with E-state index in [0.717, 1.165) is 17.7 Å². The van der Waals surface area contributed by atoms with Gasteiger partial charge in [-0.2, -0.15) is 13.2 Å². The van der Waals surface area contributed by atoms with Gasteiger partial charge in [-0.15, -0.1) is 0 Å². The summed E-state index contributed by atoms with van der Waals surface area (Å²) in [6, 6.07) is 11.4. The summed E-state index contributed by atoms with van der Waals surface area (Å²) in [6.07, 6.45) is -5.65. The van der Waals surface area contributed by atoms with E-state index in [0.29, 0.717) is 11.8 Å². The standard InChI is InChI=1S/C23H22F3NO4/c1-13(21(29)27-15-7-5-14(6-8-15)22(2,3)4)30-16-9-10-17-18(23(24,25)26)12-20(28)31-19(17)11-16/h5-13H,1-4H3,(H,27,29). The van der Waals surface area contributed by atoms with Crippen LogP contribution in [0, 0.1) is 0 Å². The topological polar surface area (TPSA) is 68.5 Å². The van der Waals surface area contributed by atoms with E-state index >= 15 is 0 Å². The molecule has 0 fully saturated rings. The first-order chi connectivity index (χ1) is 14.3. The highest BCUT2D eigenvalue weighted by molar-refractivity contribution is 5.94. The third kappa shape index (κ3) is 5.25. The Balaban J connectivity index is 1.76. The predicted molar refractivity (Wildman–Crippen MR) is 111 cm³/mol. The first-order valence-electron chi connectivity index (χ1n) is 9.58. The minimum Gasteiger partial charge on any atom is -0.481 e. The summed E-state index contributed by atoms with van der Waals surface area (Å²) in [5.41, 5.74) is -0.798. The molecule has 1 atom stereocenters. The Morgan fingerprint density at radius 1 is 1.03 bits per heavy atom. The van der Waals surface area contributed by atoms with E-state index in [9.17, 15) is 22.8 Å². The normalized spacial score (nSPS) is 13.1. The van der Waals surface area contributed by atoms with Crippen LogP contribution in [0.15, 0.2) is 57.7 Å². The molecule has 0 saturated carbocycles. The largest absolute Gasteiger partial charge is 0.481 e. The van der Waals surface area contributed by atoms with Crippen LogP contribution in [0.4, 0.5) is 18.9 Å². The second-order valence-electron chi connectivity index (χ2n) is 8.21. The summed E-state index contributed by atoms with van der Waals surface area (Å²) in [7, 11) is 0. The quantitative estimate of drug-likeness (QED) is 0.551. The van der Waals surface area contributed by atoms with Crippen LogP contribution in [0.25, 0.3) is 11.0 Å². The molecule has 3 rings (SSSR count). The number of anilines is 1. The molecule has 5 nitrogen and oxygen atoms in total. The van der Waals surface area contributed by atoms with Crippen molar-refractivity contribution in [2.75, 3.05) is 5.32 Å². The average Bonchev–Trinajstić information content (AvgIpc) is 2.66. The van der Waals surface area contributed by atoms with Crippen molar-refractivity contribution < 1.29 is 27.1 Å². The maximum atomic E-state index is 13.1. The summed E-state index contributed by atoms with van der Waals surface area (Å²) in [4.78, 5) is 24.0. The van der Waals surface area contributed by atoms with E-state index < -0.39 is 29.4 Å². The van der Waals surface area contributed by atoms with Crippen LogP contribution in [-0.2, 0) is 16.4 Å². The lowest BCUT2D eigenvalue weighted by Gasteiger charge is -2.19. The first kappa shape index (κ1) is 22.4. The SMILES string of the molecule is CC(Oc1ccc2c(C(F)(F)F)cc(=O)oc2c1)C(=O)Nc1ccc(C(C)(C)C)cc1. The summed E-state index contributed by atoms with van der Waals surface area (Å²) in [5.74, 6) is -0.338. The molecular formula is C23H22F3NO4. The zero-order chi connectivity index (χ0) is 23.0. The van der Waals surface area contributed by atoms with Crippen molar-refractivity contribution in [1.29, 1.82) is 0 Å². The third-order valence-electron chi connectivity index (χ3n) is 4.72. The molecule has 8 heteroatoms. The molecule has 1 heterocycles. The second-order valence-corrected chi connectivity index (χ2v) is 8.21. The molecule has 0 radical (unpaired) electrons. The van der Waals surface area contributed by atoms with Crippen molar-refractivity contribution in [3.63, 3.8) is 0 Å². The second kappa shape index (κ2) is 8.09. The van der Waals surface area contributed by atoms with Crippen molar-refractivity contribution in [2.24, 2.45) is 0 Å². The van der Waals surface area contributed by atoms with Crippen LogP contribution in [0.5, 0.6) is 5.75 Å². The van der Waals surface area contributed by atoms with E-state index in [2.05, 4.69) is 26.1 Å². The lowest BCUT2D eigenvalue weighted by Crippen LogP contribution is -2.30. The molecule has 0 bridgehead atoms. The fraction of sp³-hybridized carbons (Fsp3) is 0.304. The molecule has 1 amide bonds. The number of benzene rings is 2. The van der Waals surface area contributed by atoms with E-state index in [1.165, 1.54) is 13.0 Å². The Morgan fingerprint density at radius 3 is 2.26 bits per heavy atom. The zero-order valence-corrected chi connectivity index (χ0v) is 17.5. The first-order valence-corrected chi connectivity index (χ1v) is 9.58. The van der Waals surface area contributed by atoms with Crippen molar-refractivity contribution in [3.05, 3.63) is 70.1 Å². The van der Waals surface area contributed by atoms with E-state index in [4.69, 9.17) is 9.15 Å². The summed E-state index contributed by atoms with van der Waals surface area (Å²) in [5, 5.41) is 2.46. The van der Waals surface area contributed by atoms with Crippen molar-refractivity contribution in [2.45, 2.75) is 45.4 Å². The molecule has 1 N–H and O–H groups in total. The van der Waals surface area contributed by atoms with Crippen molar-refractivity contribution >= 4 is 22.6 Å². The van der Waals surface area contributed by atoms with Gasteiger partial charge in [0.15, 0.2) is 6.10 Å². The molecule has 164 valence electrons. The fourth-order valence-electron chi connectivity index (χ4n) is 3.01. The highest BCUT2D eigenvalue weighted by Crippen LogP contribution is 2.35. The van der Waals surface area contributed by atoms with Gasteiger partial charge in [0.2, 0.25) is 0 Å². The van der Waals surface area contributed by atoms with Gasteiger partial charge in [0.25, 0.3) is 5.91 Å². The summed E-state index contributed by atoms with van der Waals surface area (Å²) >= 11 is 0. The molecule has 2 aromatic carbocycles. The predicted octanol–water partition coefficient (Wildman–Crippen LogP) is 5.52. The number of ether oxygens (including phenoxy) is 1. The Hall–Kier alpha value is -3.29. The van der Waals surface area contributed by atoms with Gasteiger partial charge in [-0.25, -0.2) is 4.79 Å². The summed E-state index contributed by atoms with van der Waals surface area (Å²) < 4.78 is 49.9. The molecule has 1 unspecified atom stereocenters. The van der Waals surface area contributed by atoms with Gasteiger partial charge < -0.3 is 14.5 Å². The van der Waals surface area contributed by atoms with Crippen molar-refractivity contribution in [3.8, 4) is 5.75 Å². The van der Waals surface area contributed by atoms with Crippen LogP contribution in [-0.4, -0.2) is 12.0 Å². The van der Waals surface area contributed by atoms with Crippen LogP contribution >= 0.6 is 0 Å². The number of halogens is 3. The fourth-order valence-corrected chi connectivity index (χ4v) is 3.01. The summed E-state index contributed by atoms with van der Waals surface area (Å²) in [6.45, 7) is 7.75. The highest BCUT2D eigenvalue weighted by atomic mass is 19.4. The molecule has 31 heavy (non-hydrogen) atoms. The number of alkyl halides is 3. The number of hydrogen-bond donors (Lipinski definition) is 1. The molecule has 0 aliphatic rings. The van der Waals surface area contributed by atoms with Gasteiger partial charge in [0, 0.05) is 23.2 Å². The van der Waals surface area contributed by atoms with Crippen LogP contribution in [0.1, 0.15) is 38.8 Å². The lowest BCUT2D eigenvalue weighted by molar-refractivity contribution is -0.136. The maximum Gasteiger partial charge on any atom is 0.417 e. The van der Waals surface area contributed by atoms with Gasteiger partial charge in [-0.3, -0.25) is 4.79 Å². The molecule has 0 saturated heterocycles. The average molecular weight is 433 g/mol. The van der Waals surface area contributed by atoms with E-state index in [1.54, 1.807) is 12.1 Å². The number of carbonyl (C=O) groups excluding carboxylic acids is 1. The monoisotopic (exact) mass is 433 g/mol. The van der Waals surface area contributed by atoms with Gasteiger partial charge >= 0.3 is 11.8 Å². The van der Waals surface area contributed by atoms with E-state index in [-0.39, 0.29) is 22.1 Å². The third-order valence-corrected chi connectivity index (χ3v) is 4.72. The number of rotatable bonds is 4. The molecular weight excluding hydrogens is 411 g/mol. The maximum absolute atomic E-state index is 13.1. The number of hydrogen-bond acceptors (Lipinski definition) is 4. The number of amides is 1. The van der Waals surface area contributed by atoms with Crippen LogP contribution in [0.2, 0.25) is 0 Å². The van der Waals surface area contributed by atoms with Gasteiger partial charge in [-0.05, 0) is 42.2 Å². The van der Waals surface area contributed by atoms with Crippen molar-refractivity contribution in [1.82, 2.24) is 0 Å². The number of fused-ring (bicyclic) bond motifs is 1. The lowest BCUT2D eigenvalue weighted by atomic mass is 9.87. The highest BCUT2D eigenvalue weighted by Gasteiger charge is 2.34. The number of carbonyl (C=O) groups is 1.